The Kier molecular flexibility index (Phi) is 3.49. The van der Waals surface area contributed by atoms with Gasteiger partial charge in [0, 0.05) is 45.3 Å². The summed E-state index contributed by atoms with van der Waals surface area (Å²) in [5.74, 6) is 0.743. The summed E-state index contributed by atoms with van der Waals surface area (Å²) in [7, 11) is -1.77. The standard InChI is InChI=1S/C15H22N4O3S/c1-17-9-14(16-10-17)23(21,22)18-6-11-5-12(8-18)13-3-2-4-15(20)19(13)7-11/h9-13H,2-8H2,1H3/t11?,12?,13-/m0/s1. The van der Waals surface area contributed by atoms with Gasteiger partial charge in [-0.1, -0.05) is 0 Å². The number of hydrogen-bond acceptors (Lipinski definition) is 4. The highest BCUT2D eigenvalue weighted by Crippen LogP contribution is 2.39. The third kappa shape index (κ3) is 2.48. The molecule has 0 N–H and O–H groups in total. The van der Waals surface area contributed by atoms with Crippen molar-refractivity contribution in [3.05, 3.63) is 12.5 Å². The first-order valence-corrected chi connectivity index (χ1v) is 9.67. The van der Waals surface area contributed by atoms with Gasteiger partial charge in [0.15, 0.2) is 5.03 Å². The molecule has 3 aliphatic rings. The number of rotatable bonds is 2. The summed E-state index contributed by atoms with van der Waals surface area (Å²) < 4.78 is 28.9. The molecule has 2 bridgehead atoms. The zero-order valence-electron chi connectivity index (χ0n) is 13.3. The molecule has 0 aliphatic carbocycles. The molecule has 3 saturated heterocycles. The van der Waals surface area contributed by atoms with E-state index in [0.717, 1.165) is 19.3 Å². The second kappa shape index (κ2) is 5.31. The second-order valence-corrected chi connectivity index (χ2v) is 8.95. The van der Waals surface area contributed by atoms with Gasteiger partial charge in [0.25, 0.3) is 10.0 Å². The van der Waals surface area contributed by atoms with E-state index >= 15 is 0 Å². The predicted octanol–water partition coefficient (Wildman–Crippen LogP) is 0.442. The summed E-state index contributed by atoms with van der Waals surface area (Å²) >= 11 is 0. The molecule has 23 heavy (non-hydrogen) atoms. The molecule has 7 nitrogen and oxygen atoms in total. The van der Waals surface area contributed by atoms with Gasteiger partial charge in [-0.3, -0.25) is 4.79 Å². The first-order valence-electron chi connectivity index (χ1n) is 8.23. The molecule has 4 rings (SSSR count). The molecule has 1 aromatic heterocycles. The highest BCUT2D eigenvalue weighted by atomic mass is 32.2. The summed E-state index contributed by atoms with van der Waals surface area (Å²) in [5.41, 5.74) is 0. The average Bonchev–Trinajstić information content (AvgIpc) is 2.96. The summed E-state index contributed by atoms with van der Waals surface area (Å²) in [4.78, 5) is 18.2. The van der Waals surface area contributed by atoms with Crippen molar-refractivity contribution in [1.29, 1.82) is 0 Å². The van der Waals surface area contributed by atoms with Gasteiger partial charge in [0.2, 0.25) is 5.91 Å². The summed E-state index contributed by atoms with van der Waals surface area (Å²) in [6, 6.07) is 0.217. The van der Waals surface area contributed by atoms with Crippen LogP contribution in [0.15, 0.2) is 17.6 Å². The molecule has 0 spiro atoms. The van der Waals surface area contributed by atoms with Crippen LogP contribution in [0.25, 0.3) is 0 Å². The molecule has 1 aromatic rings. The molecule has 3 fully saturated rings. The van der Waals surface area contributed by atoms with E-state index in [1.54, 1.807) is 22.1 Å². The van der Waals surface area contributed by atoms with Gasteiger partial charge in [0.05, 0.1) is 6.33 Å². The number of nitrogens with zero attached hydrogens (tertiary/aromatic N) is 4. The highest BCUT2D eigenvalue weighted by molar-refractivity contribution is 7.89. The number of amides is 1. The Morgan fingerprint density at radius 1 is 1.26 bits per heavy atom. The van der Waals surface area contributed by atoms with Crippen LogP contribution in [0.4, 0.5) is 0 Å². The van der Waals surface area contributed by atoms with Gasteiger partial charge >= 0.3 is 0 Å². The topological polar surface area (TPSA) is 75.5 Å². The second-order valence-electron chi connectivity index (χ2n) is 7.07. The van der Waals surface area contributed by atoms with E-state index in [9.17, 15) is 13.2 Å². The summed E-state index contributed by atoms with van der Waals surface area (Å²) in [6.07, 6.45) is 6.67. The lowest BCUT2D eigenvalue weighted by Gasteiger charge is -2.51. The maximum absolute atomic E-state index is 12.8. The van der Waals surface area contributed by atoms with Crippen LogP contribution in [0.1, 0.15) is 25.7 Å². The fourth-order valence-corrected chi connectivity index (χ4v) is 5.95. The number of fused-ring (bicyclic) bond motifs is 4. The molecule has 2 unspecified atom stereocenters. The van der Waals surface area contributed by atoms with Crippen LogP contribution in [0.3, 0.4) is 0 Å². The molecule has 3 aliphatic heterocycles. The van der Waals surface area contributed by atoms with E-state index in [0.29, 0.717) is 26.1 Å². The molecular formula is C15H22N4O3S. The Morgan fingerprint density at radius 2 is 2.09 bits per heavy atom. The first-order chi connectivity index (χ1) is 10.9. The molecular weight excluding hydrogens is 316 g/mol. The average molecular weight is 338 g/mol. The van der Waals surface area contributed by atoms with E-state index in [4.69, 9.17) is 0 Å². The molecule has 0 aromatic carbocycles. The number of imidazole rings is 1. The van der Waals surface area contributed by atoms with Gasteiger partial charge in [-0.2, -0.15) is 4.31 Å². The number of aryl methyl sites for hydroxylation is 1. The monoisotopic (exact) mass is 338 g/mol. The van der Waals surface area contributed by atoms with E-state index in [-0.39, 0.29) is 28.8 Å². The minimum atomic E-state index is -3.54. The fraction of sp³-hybridized carbons (Fsp3) is 0.733. The van der Waals surface area contributed by atoms with E-state index < -0.39 is 10.0 Å². The minimum Gasteiger partial charge on any atom is -0.339 e. The van der Waals surface area contributed by atoms with Crippen molar-refractivity contribution in [3.63, 3.8) is 0 Å². The SMILES string of the molecule is Cn1cnc(S(=O)(=O)N2CC3CC(C2)[C@@H]2CCCC(=O)N2C3)c1. The van der Waals surface area contributed by atoms with Crippen molar-refractivity contribution in [2.75, 3.05) is 19.6 Å². The normalized spacial score (nSPS) is 32.0. The lowest BCUT2D eigenvalue weighted by Crippen LogP contribution is -2.61. The molecule has 8 heteroatoms. The molecule has 0 radical (unpaired) electrons. The zero-order chi connectivity index (χ0) is 16.2. The Labute approximate surface area is 136 Å². The maximum atomic E-state index is 12.8. The minimum absolute atomic E-state index is 0.122. The van der Waals surface area contributed by atoms with E-state index in [1.807, 2.05) is 4.90 Å². The van der Waals surface area contributed by atoms with Crippen LogP contribution in [-0.2, 0) is 21.9 Å². The van der Waals surface area contributed by atoms with Crippen molar-refractivity contribution in [1.82, 2.24) is 18.8 Å². The Morgan fingerprint density at radius 3 is 2.83 bits per heavy atom. The Hall–Kier alpha value is -1.41. The largest absolute Gasteiger partial charge is 0.339 e. The third-order valence-corrected chi connectivity index (χ3v) is 7.15. The number of aromatic nitrogens is 2. The highest BCUT2D eigenvalue weighted by Gasteiger charge is 2.46. The van der Waals surface area contributed by atoms with Crippen LogP contribution in [0.5, 0.6) is 0 Å². The fourth-order valence-electron chi connectivity index (χ4n) is 4.42. The van der Waals surface area contributed by atoms with Gasteiger partial charge in [-0.25, -0.2) is 13.4 Å². The van der Waals surface area contributed by atoms with Crippen LogP contribution in [-0.4, -0.2) is 58.8 Å². The molecule has 0 saturated carbocycles. The zero-order valence-corrected chi connectivity index (χ0v) is 14.1. The predicted molar refractivity (Wildman–Crippen MR) is 82.9 cm³/mol. The molecule has 4 heterocycles. The smallest absolute Gasteiger partial charge is 0.262 e. The number of piperidine rings is 3. The number of hydrogen-bond donors (Lipinski definition) is 0. The lowest BCUT2D eigenvalue weighted by atomic mass is 9.76. The lowest BCUT2D eigenvalue weighted by molar-refractivity contribution is -0.143. The molecule has 126 valence electrons. The Bertz CT molecular complexity index is 729. The van der Waals surface area contributed by atoms with Crippen molar-refractivity contribution >= 4 is 15.9 Å². The van der Waals surface area contributed by atoms with Crippen LogP contribution in [0.2, 0.25) is 0 Å². The Balaban J connectivity index is 1.59. The van der Waals surface area contributed by atoms with E-state index in [2.05, 4.69) is 4.98 Å². The number of carbonyl (C=O) groups is 1. The van der Waals surface area contributed by atoms with Crippen molar-refractivity contribution < 1.29 is 13.2 Å². The van der Waals surface area contributed by atoms with Crippen LogP contribution < -0.4 is 0 Å². The quantitative estimate of drug-likeness (QED) is 0.784. The van der Waals surface area contributed by atoms with Gasteiger partial charge in [-0.05, 0) is 31.1 Å². The first kappa shape index (κ1) is 15.1. The van der Waals surface area contributed by atoms with Crippen molar-refractivity contribution in [3.8, 4) is 0 Å². The van der Waals surface area contributed by atoms with Crippen LogP contribution >= 0.6 is 0 Å². The molecule has 3 atom stereocenters. The molecule has 1 amide bonds. The van der Waals surface area contributed by atoms with Gasteiger partial charge < -0.3 is 9.47 Å². The van der Waals surface area contributed by atoms with Crippen LogP contribution in [0, 0.1) is 11.8 Å². The number of sulfonamides is 1. The summed E-state index contributed by atoms with van der Waals surface area (Å²) in [6.45, 7) is 1.70. The summed E-state index contributed by atoms with van der Waals surface area (Å²) in [5, 5.41) is 0.122. The van der Waals surface area contributed by atoms with Gasteiger partial charge in [0.1, 0.15) is 0 Å². The van der Waals surface area contributed by atoms with E-state index in [1.165, 1.54) is 6.33 Å². The third-order valence-electron chi connectivity index (χ3n) is 5.43. The van der Waals surface area contributed by atoms with Crippen molar-refractivity contribution in [2.45, 2.75) is 36.8 Å². The maximum Gasteiger partial charge on any atom is 0.262 e. The number of carbonyl (C=O) groups excluding carboxylic acids is 1. The van der Waals surface area contributed by atoms with Crippen molar-refractivity contribution in [2.24, 2.45) is 18.9 Å². The van der Waals surface area contributed by atoms with Gasteiger partial charge in [-0.15, -0.1) is 0 Å².